The number of rotatable bonds is 6. The van der Waals surface area contributed by atoms with Gasteiger partial charge >= 0.3 is 11.8 Å². The van der Waals surface area contributed by atoms with Gasteiger partial charge < -0.3 is 10.6 Å². The number of carbonyl (C=O) groups is 2. The molecule has 0 bridgehead atoms. The van der Waals surface area contributed by atoms with Gasteiger partial charge in [-0.15, -0.1) is 0 Å². The molecule has 160 valence electrons. The number of aromatic nitrogens is 1. The van der Waals surface area contributed by atoms with Crippen LogP contribution in [0.1, 0.15) is 29.5 Å². The molecule has 8 nitrogen and oxygen atoms in total. The topological polar surface area (TPSA) is 108 Å². The highest BCUT2D eigenvalue weighted by Crippen LogP contribution is 2.28. The Hall–Kier alpha value is -2.78. The monoisotopic (exact) mass is 430 g/mol. The van der Waals surface area contributed by atoms with E-state index in [-0.39, 0.29) is 24.0 Å². The van der Waals surface area contributed by atoms with Gasteiger partial charge in [0.2, 0.25) is 10.0 Å². The highest BCUT2D eigenvalue weighted by atomic mass is 32.2. The normalized spacial score (nSPS) is 16.9. The first kappa shape index (κ1) is 21.9. The second kappa shape index (κ2) is 9.36. The number of carbonyl (C=O) groups excluding carboxylic acids is 2. The number of nitrogens with one attached hydrogen (secondary N) is 2. The Morgan fingerprint density at radius 2 is 1.93 bits per heavy atom. The summed E-state index contributed by atoms with van der Waals surface area (Å²) < 4.78 is 27.8. The third kappa shape index (κ3) is 5.03. The average Bonchev–Trinajstić information content (AvgIpc) is 3.22. The third-order valence-corrected chi connectivity index (χ3v) is 7.23. The van der Waals surface area contributed by atoms with Crippen LogP contribution in [-0.2, 0) is 26.2 Å². The summed E-state index contributed by atoms with van der Waals surface area (Å²) >= 11 is 0. The van der Waals surface area contributed by atoms with Gasteiger partial charge in [0, 0.05) is 38.1 Å². The van der Waals surface area contributed by atoms with Crippen molar-refractivity contribution in [3.63, 3.8) is 0 Å². The van der Waals surface area contributed by atoms with Gasteiger partial charge in [-0.3, -0.25) is 14.6 Å². The maximum Gasteiger partial charge on any atom is 0.309 e. The third-order valence-electron chi connectivity index (χ3n) is 5.13. The molecule has 2 N–H and O–H groups in total. The van der Waals surface area contributed by atoms with E-state index in [0.29, 0.717) is 24.9 Å². The zero-order chi connectivity index (χ0) is 21.7. The lowest BCUT2D eigenvalue weighted by atomic mass is 10.2. The summed E-state index contributed by atoms with van der Waals surface area (Å²) in [5.74, 6) is -1.55. The van der Waals surface area contributed by atoms with E-state index in [0.717, 1.165) is 11.1 Å². The van der Waals surface area contributed by atoms with Crippen molar-refractivity contribution in [2.24, 2.45) is 0 Å². The number of nitrogens with zero attached hydrogens (tertiary/aromatic N) is 2. The number of benzene rings is 1. The van der Waals surface area contributed by atoms with Crippen molar-refractivity contribution in [1.29, 1.82) is 0 Å². The maximum atomic E-state index is 13.2. The summed E-state index contributed by atoms with van der Waals surface area (Å²) in [6, 6.07) is 8.49. The van der Waals surface area contributed by atoms with Crippen LogP contribution in [0.25, 0.3) is 0 Å². The molecule has 1 aromatic carbocycles. The SMILES string of the molecule is Cc1ccc(C)c(S(=O)(=O)N2CCC[C@@H]2CNC(=O)C(=O)NCc2cccnc2)c1. The number of pyridine rings is 1. The van der Waals surface area contributed by atoms with Crippen molar-refractivity contribution in [3.8, 4) is 0 Å². The lowest BCUT2D eigenvalue weighted by Gasteiger charge is -2.25. The van der Waals surface area contributed by atoms with Crippen LogP contribution < -0.4 is 10.6 Å². The molecule has 1 atom stereocenters. The highest BCUT2D eigenvalue weighted by Gasteiger charge is 2.36. The summed E-state index contributed by atoms with van der Waals surface area (Å²) in [4.78, 5) is 28.4. The molecule has 2 amide bonds. The van der Waals surface area contributed by atoms with Crippen molar-refractivity contribution in [3.05, 3.63) is 59.4 Å². The fourth-order valence-electron chi connectivity index (χ4n) is 3.50. The van der Waals surface area contributed by atoms with Crippen LogP contribution in [-0.4, -0.2) is 48.7 Å². The minimum atomic E-state index is -3.68. The Balaban J connectivity index is 1.60. The summed E-state index contributed by atoms with van der Waals surface area (Å²) in [6.07, 6.45) is 4.56. The van der Waals surface area contributed by atoms with Gasteiger partial charge in [0.05, 0.1) is 4.90 Å². The molecule has 2 aromatic rings. The van der Waals surface area contributed by atoms with E-state index in [1.807, 2.05) is 13.0 Å². The van der Waals surface area contributed by atoms with E-state index in [9.17, 15) is 18.0 Å². The number of sulfonamides is 1. The Morgan fingerprint density at radius 1 is 1.17 bits per heavy atom. The van der Waals surface area contributed by atoms with E-state index < -0.39 is 21.8 Å². The van der Waals surface area contributed by atoms with Crippen LogP contribution in [0.15, 0.2) is 47.6 Å². The summed E-state index contributed by atoms with van der Waals surface area (Å²) in [6.45, 7) is 4.29. The second-order valence-electron chi connectivity index (χ2n) is 7.43. The Morgan fingerprint density at radius 3 is 2.67 bits per heavy atom. The van der Waals surface area contributed by atoms with Gasteiger partial charge in [-0.05, 0) is 55.5 Å². The molecule has 1 aromatic heterocycles. The Labute approximate surface area is 176 Å². The molecule has 2 heterocycles. The van der Waals surface area contributed by atoms with Crippen LogP contribution >= 0.6 is 0 Å². The van der Waals surface area contributed by atoms with Crippen LogP contribution in [0.2, 0.25) is 0 Å². The van der Waals surface area contributed by atoms with E-state index >= 15 is 0 Å². The fraction of sp³-hybridized carbons (Fsp3) is 0.381. The highest BCUT2D eigenvalue weighted by molar-refractivity contribution is 7.89. The molecule has 1 saturated heterocycles. The van der Waals surface area contributed by atoms with Crippen molar-refractivity contribution in [1.82, 2.24) is 19.9 Å². The minimum absolute atomic E-state index is 0.0865. The molecular weight excluding hydrogens is 404 g/mol. The van der Waals surface area contributed by atoms with Gasteiger partial charge in [0.1, 0.15) is 0 Å². The minimum Gasteiger partial charge on any atom is -0.346 e. The van der Waals surface area contributed by atoms with Gasteiger partial charge in [-0.2, -0.15) is 4.31 Å². The van der Waals surface area contributed by atoms with Gasteiger partial charge in [0.15, 0.2) is 0 Å². The molecule has 30 heavy (non-hydrogen) atoms. The van der Waals surface area contributed by atoms with Crippen LogP contribution in [0.5, 0.6) is 0 Å². The van der Waals surface area contributed by atoms with Crippen molar-refractivity contribution < 1.29 is 18.0 Å². The first-order chi connectivity index (χ1) is 14.3. The van der Waals surface area contributed by atoms with Gasteiger partial charge in [-0.25, -0.2) is 8.42 Å². The molecule has 9 heteroatoms. The van der Waals surface area contributed by atoms with E-state index in [1.165, 1.54) is 4.31 Å². The van der Waals surface area contributed by atoms with Crippen molar-refractivity contribution in [2.75, 3.05) is 13.1 Å². The van der Waals surface area contributed by atoms with Gasteiger partial charge in [0.25, 0.3) is 0 Å². The zero-order valence-electron chi connectivity index (χ0n) is 17.1. The Kier molecular flexibility index (Phi) is 6.84. The number of hydrogen-bond donors (Lipinski definition) is 2. The van der Waals surface area contributed by atoms with E-state index in [2.05, 4.69) is 15.6 Å². The molecule has 0 unspecified atom stereocenters. The zero-order valence-corrected chi connectivity index (χ0v) is 17.9. The summed E-state index contributed by atoms with van der Waals surface area (Å²) in [7, 11) is -3.68. The molecule has 0 radical (unpaired) electrons. The predicted octanol–water partition coefficient (Wildman–Crippen LogP) is 1.28. The number of amides is 2. The first-order valence-corrected chi connectivity index (χ1v) is 11.3. The van der Waals surface area contributed by atoms with E-state index in [4.69, 9.17) is 0 Å². The molecule has 0 spiro atoms. The molecule has 1 aliphatic heterocycles. The summed E-state index contributed by atoms with van der Waals surface area (Å²) in [5, 5.41) is 5.10. The molecular formula is C21H26N4O4S. The molecule has 3 rings (SSSR count). The standard InChI is InChI=1S/C21H26N4O4S/c1-15-7-8-16(2)19(11-15)30(28,29)25-10-4-6-18(25)14-24-21(27)20(26)23-13-17-5-3-9-22-12-17/h3,5,7-9,11-12,18H,4,6,10,13-14H2,1-2H3,(H,23,26)(H,24,27)/t18-/m1/s1. The predicted molar refractivity (Wildman–Crippen MR) is 112 cm³/mol. The summed E-state index contributed by atoms with van der Waals surface area (Å²) in [5.41, 5.74) is 2.33. The van der Waals surface area contributed by atoms with Gasteiger partial charge in [-0.1, -0.05) is 18.2 Å². The maximum absolute atomic E-state index is 13.2. The van der Waals surface area contributed by atoms with Crippen molar-refractivity contribution >= 4 is 21.8 Å². The molecule has 1 fully saturated rings. The largest absolute Gasteiger partial charge is 0.346 e. The molecule has 0 aliphatic carbocycles. The van der Waals surface area contributed by atoms with Crippen LogP contribution in [0.4, 0.5) is 0 Å². The molecule has 1 aliphatic rings. The first-order valence-electron chi connectivity index (χ1n) is 9.83. The second-order valence-corrected chi connectivity index (χ2v) is 9.29. The smallest absolute Gasteiger partial charge is 0.309 e. The lowest BCUT2D eigenvalue weighted by molar-refractivity contribution is -0.139. The number of aryl methyl sites for hydroxylation is 2. The quantitative estimate of drug-likeness (QED) is 0.671. The fourth-order valence-corrected chi connectivity index (χ4v) is 5.50. The van der Waals surface area contributed by atoms with Crippen LogP contribution in [0, 0.1) is 13.8 Å². The van der Waals surface area contributed by atoms with E-state index in [1.54, 1.807) is 43.6 Å². The van der Waals surface area contributed by atoms with Crippen molar-refractivity contribution in [2.45, 2.75) is 44.2 Å². The lowest BCUT2D eigenvalue weighted by Crippen LogP contribution is -2.46. The number of hydrogen-bond acceptors (Lipinski definition) is 5. The Bertz CT molecular complexity index is 1020. The molecule has 0 saturated carbocycles. The average molecular weight is 431 g/mol. The van der Waals surface area contributed by atoms with Crippen LogP contribution in [0.3, 0.4) is 0 Å².